The first kappa shape index (κ1) is 19.3. The number of carboxylic acid groups (broad SMARTS) is 1. The summed E-state index contributed by atoms with van der Waals surface area (Å²) in [5.74, 6) is -0.340. The molecule has 0 saturated carbocycles. The first-order valence-electron chi connectivity index (χ1n) is 8.22. The molecule has 26 heavy (non-hydrogen) atoms. The molecular formula is C20H23NO5. The number of hydrogen-bond donors (Lipinski definition) is 2. The van der Waals surface area contributed by atoms with Gasteiger partial charge in [0.2, 0.25) is 0 Å². The summed E-state index contributed by atoms with van der Waals surface area (Å²) in [6.45, 7) is 5.67. The standard InChI is InChI=1S/C20H23NO5/c1-20(2,3)16-9-4-5-10-17(16)26-12-18(22)21-14-7-6-8-15(11-14)25-13-19(23)24/h4-11H,12-13H2,1-3H3,(H,21,22)(H,23,24). The van der Waals surface area contributed by atoms with Crippen LogP contribution in [0.1, 0.15) is 26.3 Å². The van der Waals surface area contributed by atoms with Crippen molar-refractivity contribution in [2.75, 3.05) is 18.5 Å². The van der Waals surface area contributed by atoms with Crippen LogP contribution < -0.4 is 14.8 Å². The fourth-order valence-corrected chi connectivity index (χ4v) is 2.36. The van der Waals surface area contributed by atoms with Crippen LogP contribution in [0.2, 0.25) is 0 Å². The molecular weight excluding hydrogens is 334 g/mol. The molecule has 6 nitrogen and oxygen atoms in total. The van der Waals surface area contributed by atoms with Gasteiger partial charge in [-0.25, -0.2) is 4.79 Å². The third kappa shape index (κ3) is 5.81. The van der Waals surface area contributed by atoms with Gasteiger partial charge in [0.1, 0.15) is 11.5 Å². The smallest absolute Gasteiger partial charge is 0.341 e. The van der Waals surface area contributed by atoms with E-state index in [4.69, 9.17) is 14.6 Å². The van der Waals surface area contributed by atoms with E-state index in [2.05, 4.69) is 26.1 Å². The van der Waals surface area contributed by atoms with E-state index in [0.29, 0.717) is 17.2 Å². The van der Waals surface area contributed by atoms with Crippen LogP contribution in [0.3, 0.4) is 0 Å². The van der Waals surface area contributed by atoms with Crippen LogP contribution in [-0.2, 0) is 15.0 Å². The van der Waals surface area contributed by atoms with Crippen LogP contribution in [-0.4, -0.2) is 30.2 Å². The molecule has 0 radical (unpaired) electrons. The summed E-state index contributed by atoms with van der Waals surface area (Å²) >= 11 is 0. The number of benzene rings is 2. The largest absolute Gasteiger partial charge is 0.483 e. The van der Waals surface area contributed by atoms with Crippen molar-refractivity contribution in [3.63, 3.8) is 0 Å². The Morgan fingerprint density at radius 3 is 2.42 bits per heavy atom. The number of nitrogens with one attached hydrogen (secondary N) is 1. The summed E-state index contributed by atoms with van der Waals surface area (Å²) in [6.07, 6.45) is 0. The van der Waals surface area contributed by atoms with Crippen molar-refractivity contribution in [2.24, 2.45) is 0 Å². The van der Waals surface area contributed by atoms with Crippen molar-refractivity contribution in [1.29, 1.82) is 0 Å². The molecule has 0 spiro atoms. The third-order valence-corrected chi connectivity index (χ3v) is 3.53. The fraction of sp³-hybridized carbons (Fsp3) is 0.300. The summed E-state index contributed by atoms with van der Waals surface area (Å²) in [5.41, 5.74) is 1.44. The minimum Gasteiger partial charge on any atom is -0.483 e. The van der Waals surface area contributed by atoms with Crippen LogP contribution in [0.5, 0.6) is 11.5 Å². The molecule has 0 unspecified atom stereocenters. The van der Waals surface area contributed by atoms with Crippen molar-refractivity contribution in [1.82, 2.24) is 0 Å². The van der Waals surface area contributed by atoms with Gasteiger partial charge in [-0.05, 0) is 29.2 Å². The highest BCUT2D eigenvalue weighted by atomic mass is 16.5. The van der Waals surface area contributed by atoms with Crippen LogP contribution in [0.4, 0.5) is 5.69 Å². The normalized spacial score (nSPS) is 10.9. The van der Waals surface area contributed by atoms with E-state index in [1.165, 1.54) is 0 Å². The second kappa shape index (κ2) is 8.38. The van der Waals surface area contributed by atoms with Crippen LogP contribution in [0.25, 0.3) is 0 Å². The van der Waals surface area contributed by atoms with Gasteiger partial charge in [0.25, 0.3) is 5.91 Å². The predicted molar refractivity (Wildman–Crippen MR) is 98.8 cm³/mol. The zero-order valence-corrected chi connectivity index (χ0v) is 15.1. The van der Waals surface area contributed by atoms with E-state index in [9.17, 15) is 9.59 Å². The molecule has 2 N–H and O–H groups in total. The number of hydrogen-bond acceptors (Lipinski definition) is 4. The summed E-state index contributed by atoms with van der Waals surface area (Å²) in [5, 5.41) is 11.3. The maximum absolute atomic E-state index is 12.2. The number of carbonyl (C=O) groups excluding carboxylic acids is 1. The van der Waals surface area contributed by atoms with Crippen LogP contribution in [0.15, 0.2) is 48.5 Å². The van der Waals surface area contributed by atoms with Gasteiger partial charge in [-0.3, -0.25) is 4.79 Å². The molecule has 2 aromatic rings. The zero-order chi connectivity index (χ0) is 19.2. The van der Waals surface area contributed by atoms with E-state index < -0.39 is 12.6 Å². The molecule has 0 aliphatic rings. The molecule has 138 valence electrons. The summed E-state index contributed by atoms with van der Waals surface area (Å²) in [4.78, 5) is 22.7. The molecule has 0 atom stereocenters. The van der Waals surface area contributed by atoms with Gasteiger partial charge in [0.15, 0.2) is 13.2 Å². The Kier molecular flexibility index (Phi) is 6.22. The SMILES string of the molecule is CC(C)(C)c1ccccc1OCC(=O)Nc1cccc(OCC(=O)O)c1. The molecule has 0 heterocycles. The molecule has 6 heteroatoms. The second-order valence-corrected chi connectivity index (χ2v) is 6.79. The monoisotopic (exact) mass is 357 g/mol. The number of aliphatic carboxylic acids is 1. The Balaban J connectivity index is 1.96. The first-order valence-corrected chi connectivity index (χ1v) is 8.22. The zero-order valence-electron chi connectivity index (χ0n) is 15.1. The number of carboxylic acids is 1. The Morgan fingerprint density at radius 2 is 1.73 bits per heavy atom. The van der Waals surface area contributed by atoms with Crippen molar-refractivity contribution in [2.45, 2.75) is 26.2 Å². The second-order valence-electron chi connectivity index (χ2n) is 6.79. The Labute approximate surface area is 152 Å². The van der Waals surface area contributed by atoms with Gasteiger partial charge in [0.05, 0.1) is 0 Å². The van der Waals surface area contributed by atoms with Crippen LogP contribution in [0, 0.1) is 0 Å². The highest BCUT2D eigenvalue weighted by Gasteiger charge is 2.18. The lowest BCUT2D eigenvalue weighted by Crippen LogP contribution is -2.22. The number of anilines is 1. The third-order valence-electron chi connectivity index (χ3n) is 3.53. The molecule has 0 aliphatic heterocycles. The summed E-state index contributed by atoms with van der Waals surface area (Å²) in [6, 6.07) is 14.2. The van der Waals surface area contributed by atoms with E-state index >= 15 is 0 Å². The fourth-order valence-electron chi connectivity index (χ4n) is 2.36. The topological polar surface area (TPSA) is 84.9 Å². The molecule has 0 saturated heterocycles. The molecule has 0 aromatic heterocycles. The number of carbonyl (C=O) groups is 2. The number of rotatable bonds is 7. The molecule has 2 aromatic carbocycles. The molecule has 0 bridgehead atoms. The van der Waals surface area contributed by atoms with Gasteiger partial charge < -0.3 is 19.9 Å². The van der Waals surface area contributed by atoms with Crippen molar-refractivity contribution >= 4 is 17.6 Å². The van der Waals surface area contributed by atoms with E-state index in [1.54, 1.807) is 24.3 Å². The molecule has 2 rings (SSSR count). The van der Waals surface area contributed by atoms with E-state index in [0.717, 1.165) is 5.56 Å². The lowest BCUT2D eigenvalue weighted by molar-refractivity contribution is -0.139. The van der Waals surface area contributed by atoms with Crippen molar-refractivity contribution in [3.8, 4) is 11.5 Å². The van der Waals surface area contributed by atoms with Crippen molar-refractivity contribution in [3.05, 3.63) is 54.1 Å². The number of ether oxygens (including phenoxy) is 2. The maximum Gasteiger partial charge on any atom is 0.341 e. The predicted octanol–water partition coefficient (Wildman–Crippen LogP) is 3.47. The molecule has 1 amide bonds. The average molecular weight is 357 g/mol. The number of amides is 1. The van der Waals surface area contributed by atoms with Gasteiger partial charge >= 0.3 is 5.97 Å². The van der Waals surface area contributed by atoms with Gasteiger partial charge in [-0.1, -0.05) is 45.0 Å². The highest BCUT2D eigenvalue weighted by Crippen LogP contribution is 2.30. The lowest BCUT2D eigenvalue weighted by atomic mass is 9.86. The van der Waals surface area contributed by atoms with Gasteiger partial charge in [0, 0.05) is 11.8 Å². The minimum absolute atomic E-state index is 0.0944. The lowest BCUT2D eigenvalue weighted by Gasteiger charge is -2.22. The van der Waals surface area contributed by atoms with Gasteiger partial charge in [-0.2, -0.15) is 0 Å². The quantitative estimate of drug-likeness (QED) is 0.793. The minimum atomic E-state index is -1.06. The highest BCUT2D eigenvalue weighted by molar-refractivity contribution is 5.92. The average Bonchev–Trinajstić information content (AvgIpc) is 2.58. The number of para-hydroxylation sites is 1. The van der Waals surface area contributed by atoms with Gasteiger partial charge in [-0.15, -0.1) is 0 Å². The Bertz CT molecular complexity index is 780. The van der Waals surface area contributed by atoms with Crippen molar-refractivity contribution < 1.29 is 24.2 Å². The summed E-state index contributed by atoms with van der Waals surface area (Å²) in [7, 11) is 0. The molecule has 0 fully saturated rings. The van der Waals surface area contributed by atoms with Crippen LogP contribution >= 0.6 is 0 Å². The maximum atomic E-state index is 12.2. The van der Waals surface area contributed by atoms with E-state index in [1.807, 2.05) is 24.3 Å². The molecule has 0 aliphatic carbocycles. The Morgan fingerprint density at radius 1 is 1.00 bits per heavy atom. The first-order chi connectivity index (χ1) is 12.3. The van der Waals surface area contributed by atoms with E-state index in [-0.39, 0.29) is 17.9 Å². The Hall–Kier alpha value is -3.02. The summed E-state index contributed by atoms with van der Waals surface area (Å²) < 4.78 is 10.8.